The molecule has 116 valence electrons. The van der Waals surface area contributed by atoms with Crippen molar-refractivity contribution in [3.8, 4) is 0 Å². The lowest BCUT2D eigenvalue weighted by molar-refractivity contribution is 0.158. The Morgan fingerprint density at radius 2 is 1.67 bits per heavy atom. The van der Waals surface area contributed by atoms with E-state index in [1.807, 2.05) is 19.0 Å². The number of rotatable bonds is 2. The van der Waals surface area contributed by atoms with E-state index in [0.717, 1.165) is 25.9 Å². The van der Waals surface area contributed by atoms with Crippen LogP contribution in [0.25, 0.3) is 0 Å². The van der Waals surface area contributed by atoms with Crippen LogP contribution in [0, 0.1) is 20.8 Å². The van der Waals surface area contributed by atoms with Gasteiger partial charge in [-0.05, 0) is 44.7 Å². The first-order valence-corrected chi connectivity index (χ1v) is 7.69. The first-order chi connectivity index (χ1) is 9.88. The van der Waals surface area contributed by atoms with Gasteiger partial charge in [-0.25, -0.2) is 4.79 Å². The van der Waals surface area contributed by atoms with E-state index in [1.165, 1.54) is 22.4 Å². The Labute approximate surface area is 128 Å². The Morgan fingerprint density at radius 3 is 2.14 bits per heavy atom. The van der Waals surface area contributed by atoms with E-state index in [9.17, 15) is 4.79 Å². The predicted molar refractivity (Wildman–Crippen MR) is 88.0 cm³/mol. The van der Waals surface area contributed by atoms with Crippen LogP contribution in [0.1, 0.15) is 29.5 Å². The number of carbonyl (C=O) groups excluding carboxylic acids is 1. The van der Waals surface area contributed by atoms with E-state index in [0.29, 0.717) is 6.04 Å². The van der Waals surface area contributed by atoms with Gasteiger partial charge < -0.3 is 15.1 Å². The van der Waals surface area contributed by atoms with Crippen LogP contribution in [0.4, 0.5) is 10.5 Å². The zero-order valence-electron chi connectivity index (χ0n) is 13.9. The van der Waals surface area contributed by atoms with Crippen molar-refractivity contribution in [3.05, 3.63) is 28.8 Å². The molecule has 0 radical (unpaired) electrons. The first-order valence-electron chi connectivity index (χ1n) is 7.69. The molecule has 0 spiro atoms. The van der Waals surface area contributed by atoms with Gasteiger partial charge in [-0.3, -0.25) is 0 Å². The van der Waals surface area contributed by atoms with Crippen LogP contribution in [0.2, 0.25) is 0 Å². The number of likely N-dealkylation sites (tertiary alicyclic amines) is 1. The third kappa shape index (κ3) is 3.69. The quantitative estimate of drug-likeness (QED) is 0.907. The second-order valence-corrected chi connectivity index (χ2v) is 6.36. The van der Waals surface area contributed by atoms with Crippen molar-refractivity contribution in [2.24, 2.45) is 0 Å². The molecule has 0 bridgehead atoms. The Hall–Kier alpha value is -1.71. The molecule has 0 unspecified atom stereocenters. The molecule has 2 amide bonds. The van der Waals surface area contributed by atoms with Crippen LogP contribution in [-0.4, -0.2) is 49.1 Å². The molecule has 1 aromatic carbocycles. The molecule has 1 heterocycles. The molecule has 0 aromatic heterocycles. The van der Waals surface area contributed by atoms with Crippen LogP contribution in [0.3, 0.4) is 0 Å². The van der Waals surface area contributed by atoms with E-state index >= 15 is 0 Å². The molecule has 1 fully saturated rings. The number of hydrogen-bond acceptors (Lipinski definition) is 2. The molecule has 1 N–H and O–H groups in total. The average Bonchev–Trinajstić information content (AvgIpc) is 2.42. The standard InChI is InChI=1S/C17H27N3O/c1-12-10-13(2)16(14(3)11-12)18-15-6-8-20(9-7-15)17(21)19(4)5/h10-11,15,18H,6-9H2,1-5H3. The number of nitrogens with one attached hydrogen (secondary N) is 1. The van der Waals surface area contributed by atoms with Gasteiger partial charge in [-0.1, -0.05) is 17.7 Å². The number of anilines is 1. The lowest BCUT2D eigenvalue weighted by Gasteiger charge is -2.34. The second-order valence-electron chi connectivity index (χ2n) is 6.36. The maximum atomic E-state index is 11.9. The van der Waals surface area contributed by atoms with E-state index < -0.39 is 0 Å². The minimum atomic E-state index is 0.121. The number of benzene rings is 1. The summed E-state index contributed by atoms with van der Waals surface area (Å²) in [6, 6.07) is 5.02. The number of hydrogen-bond donors (Lipinski definition) is 1. The Kier molecular flexibility index (Phi) is 4.76. The van der Waals surface area contributed by atoms with Crippen LogP contribution in [0.15, 0.2) is 12.1 Å². The normalized spacial score (nSPS) is 16.0. The molecule has 4 heteroatoms. The van der Waals surface area contributed by atoms with Crippen molar-refractivity contribution in [3.63, 3.8) is 0 Å². The SMILES string of the molecule is Cc1cc(C)c(NC2CCN(C(=O)N(C)C)CC2)c(C)c1. The van der Waals surface area contributed by atoms with Crippen molar-refractivity contribution in [1.29, 1.82) is 0 Å². The highest BCUT2D eigenvalue weighted by molar-refractivity contribution is 5.74. The molecule has 1 aromatic rings. The van der Waals surface area contributed by atoms with Crippen molar-refractivity contribution in [2.45, 2.75) is 39.7 Å². The zero-order chi connectivity index (χ0) is 15.6. The average molecular weight is 289 g/mol. The van der Waals surface area contributed by atoms with Crippen LogP contribution in [0.5, 0.6) is 0 Å². The fourth-order valence-corrected chi connectivity index (χ4v) is 3.11. The Balaban J connectivity index is 1.97. The van der Waals surface area contributed by atoms with Gasteiger partial charge in [0, 0.05) is 38.9 Å². The molecule has 1 aliphatic rings. The van der Waals surface area contributed by atoms with Gasteiger partial charge in [0.1, 0.15) is 0 Å². The molecule has 4 nitrogen and oxygen atoms in total. The monoisotopic (exact) mass is 289 g/mol. The lowest BCUT2D eigenvalue weighted by atomic mass is 10.0. The lowest BCUT2D eigenvalue weighted by Crippen LogP contribution is -2.46. The van der Waals surface area contributed by atoms with Crippen LogP contribution in [-0.2, 0) is 0 Å². The minimum Gasteiger partial charge on any atom is -0.382 e. The summed E-state index contributed by atoms with van der Waals surface area (Å²) in [4.78, 5) is 15.5. The Bertz CT molecular complexity index is 494. The molecule has 0 atom stereocenters. The van der Waals surface area contributed by atoms with Gasteiger partial charge in [0.05, 0.1) is 0 Å². The number of urea groups is 1. The van der Waals surface area contributed by atoms with E-state index in [2.05, 4.69) is 38.2 Å². The fraction of sp³-hybridized carbons (Fsp3) is 0.588. The molecule has 0 saturated carbocycles. The maximum Gasteiger partial charge on any atom is 0.319 e. The highest BCUT2D eigenvalue weighted by Crippen LogP contribution is 2.25. The third-order valence-corrected chi connectivity index (χ3v) is 4.17. The summed E-state index contributed by atoms with van der Waals surface area (Å²) < 4.78 is 0. The fourth-order valence-electron chi connectivity index (χ4n) is 3.11. The van der Waals surface area contributed by atoms with Crippen molar-refractivity contribution >= 4 is 11.7 Å². The molecule has 1 saturated heterocycles. The molecule has 0 aliphatic carbocycles. The number of aryl methyl sites for hydroxylation is 3. The molecular formula is C17H27N3O. The molecular weight excluding hydrogens is 262 g/mol. The summed E-state index contributed by atoms with van der Waals surface area (Å²) >= 11 is 0. The highest BCUT2D eigenvalue weighted by Gasteiger charge is 2.24. The molecule has 1 aliphatic heterocycles. The number of piperidine rings is 1. The minimum absolute atomic E-state index is 0.121. The largest absolute Gasteiger partial charge is 0.382 e. The van der Waals surface area contributed by atoms with Gasteiger partial charge in [0.2, 0.25) is 0 Å². The second kappa shape index (κ2) is 6.37. The number of amides is 2. The third-order valence-electron chi connectivity index (χ3n) is 4.17. The summed E-state index contributed by atoms with van der Waals surface area (Å²) in [5.41, 5.74) is 5.18. The van der Waals surface area contributed by atoms with Gasteiger partial charge in [-0.2, -0.15) is 0 Å². The first kappa shape index (κ1) is 15.7. The van der Waals surface area contributed by atoms with Crippen molar-refractivity contribution < 1.29 is 4.79 Å². The van der Waals surface area contributed by atoms with Gasteiger partial charge >= 0.3 is 6.03 Å². The zero-order valence-corrected chi connectivity index (χ0v) is 13.9. The topological polar surface area (TPSA) is 35.6 Å². The van der Waals surface area contributed by atoms with Gasteiger partial charge in [0.25, 0.3) is 0 Å². The summed E-state index contributed by atoms with van der Waals surface area (Å²) in [6.45, 7) is 8.12. The molecule has 21 heavy (non-hydrogen) atoms. The summed E-state index contributed by atoms with van der Waals surface area (Å²) in [5, 5.41) is 3.68. The Morgan fingerprint density at radius 1 is 1.14 bits per heavy atom. The van der Waals surface area contributed by atoms with Gasteiger partial charge in [0.15, 0.2) is 0 Å². The summed E-state index contributed by atoms with van der Waals surface area (Å²) in [7, 11) is 3.62. The highest BCUT2D eigenvalue weighted by atomic mass is 16.2. The molecule has 2 rings (SSSR count). The maximum absolute atomic E-state index is 11.9. The van der Waals surface area contributed by atoms with Gasteiger partial charge in [-0.15, -0.1) is 0 Å². The number of nitrogens with zero attached hydrogens (tertiary/aromatic N) is 2. The van der Waals surface area contributed by atoms with Crippen LogP contribution < -0.4 is 5.32 Å². The van der Waals surface area contributed by atoms with Crippen LogP contribution >= 0.6 is 0 Å². The predicted octanol–water partition coefficient (Wildman–Crippen LogP) is 3.17. The smallest absolute Gasteiger partial charge is 0.319 e. The van der Waals surface area contributed by atoms with Crippen molar-refractivity contribution in [2.75, 3.05) is 32.5 Å². The summed E-state index contributed by atoms with van der Waals surface area (Å²) in [6.07, 6.45) is 2.01. The van der Waals surface area contributed by atoms with E-state index in [-0.39, 0.29) is 6.03 Å². The van der Waals surface area contributed by atoms with E-state index in [1.54, 1.807) is 4.90 Å². The number of carbonyl (C=O) groups is 1. The van der Waals surface area contributed by atoms with E-state index in [4.69, 9.17) is 0 Å². The van der Waals surface area contributed by atoms with Crippen molar-refractivity contribution in [1.82, 2.24) is 9.80 Å². The summed E-state index contributed by atoms with van der Waals surface area (Å²) in [5.74, 6) is 0.